The van der Waals surface area contributed by atoms with Crippen molar-refractivity contribution < 1.29 is 5.11 Å². The minimum Gasteiger partial charge on any atom is -0.392 e. The Hall–Kier alpha value is -0.860. The molecule has 0 bridgehead atoms. The zero-order valence-corrected chi connectivity index (χ0v) is 10.9. The lowest BCUT2D eigenvalue weighted by atomic mass is 10.0. The zero-order valence-electron chi connectivity index (χ0n) is 10.9. The fourth-order valence-corrected chi connectivity index (χ4v) is 2.65. The van der Waals surface area contributed by atoms with E-state index in [9.17, 15) is 5.11 Å². The third-order valence-corrected chi connectivity index (χ3v) is 3.60. The second-order valence-electron chi connectivity index (χ2n) is 5.14. The molecule has 17 heavy (non-hydrogen) atoms. The molecule has 94 valence electrons. The number of rotatable bonds is 5. The molecule has 2 N–H and O–H groups in total. The summed E-state index contributed by atoms with van der Waals surface area (Å²) in [7, 11) is 0. The van der Waals surface area contributed by atoms with E-state index >= 15 is 0 Å². The van der Waals surface area contributed by atoms with E-state index in [1.807, 2.05) is 0 Å². The van der Waals surface area contributed by atoms with Crippen LogP contribution in [0.3, 0.4) is 0 Å². The van der Waals surface area contributed by atoms with Crippen molar-refractivity contribution in [3.05, 3.63) is 34.9 Å². The number of hydrogen-bond acceptors (Lipinski definition) is 2. The number of aliphatic hydroxyl groups is 1. The lowest BCUT2D eigenvalue weighted by Gasteiger charge is -2.17. The fourth-order valence-electron chi connectivity index (χ4n) is 2.65. The highest BCUT2D eigenvalue weighted by Crippen LogP contribution is 2.31. The fraction of sp³-hybridized carbons (Fsp3) is 0.600. The van der Waals surface area contributed by atoms with Gasteiger partial charge in [-0.1, -0.05) is 37.1 Å². The maximum absolute atomic E-state index is 9.75. The first-order valence-corrected chi connectivity index (χ1v) is 6.71. The molecule has 0 radical (unpaired) electrons. The molecule has 1 aliphatic rings. The highest BCUT2D eigenvalue weighted by atomic mass is 16.3. The number of benzene rings is 1. The minimum atomic E-state index is -0.200. The normalized spacial score (nSPS) is 20.3. The molecule has 2 unspecified atom stereocenters. The van der Waals surface area contributed by atoms with Crippen LogP contribution in [0.25, 0.3) is 0 Å². The van der Waals surface area contributed by atoms with Crippen molar-refractivity contribution in [1.82, 2.24) is 5.32 Å². The Morgan fingerprint density at radius 3 is 3.06 bits per heavy atom. The van der Waals surface area contributed by atoms with Crippen LogP contribution in [0.5, 0.6) is 0 Å². The van der Waals surface area contributed by atoms with Crippen LogP contribution in [0.4, 0.5) is 0 Å². The van der Waals surface area contributed by atoms with Gasteiger partial charge in [-0.15, -0.1) is 0 Å². The van der Waals surface area contributed by atoms with E-state index in [0.717, 1.165) is 25.7 Å². The van der Waals surface area contributed by atoms with Gasteiger partial charge in [0.05, 0.1) is 6.10 Å². The molecule has 2 atom stereocenters. The Bertz CT molecular complexity index is 375. The Balaban J connectivity index is 1.95. The highest BCUT2D eigenvalue weighted by molar-refractivity contribution is 5.37. The molecular formula is C15H23NO. The quantitative estimate of drug-likeness (QED) is 0.819. The lowest BCUT2D eigenvalue weighted by molar-refractivity contribution is 0.156. The molecule has 0 heterocycles. The van der Waals surface area contributed by atoms with Crippen LogP contribution in [0.2, 0.25) is 0 Å². The van der Waals surface area contributed by atoms with Gasteiger partial charge in [0.2, 0.25) is 0 Å². The molecule has 0 fully saturated rings. The van der Waals surface area contributed by atoms with Crippen LogP contribution in [0.1, 0.15) is 48.9 Å². The van der Waals surface area contributed by atoms with Crippen molar-refractivity contribution in [1.29, 1.82) is 0 Å². The van der Waals surface area contributed by atoms with Gasteiger partial charge in [0, 0.05) is 12.6 Å². The van der Waals surface area contributed by atoms with Crippen molar-refractivity contribution in [2.45, 2.75) is 51.7 Å². The van der Waals surface area contributed by atoms with E-state index in [0.29, 0.717) is 12.6 Å². The first-order valence-electron chi connectivity index (χ1n) is 6.71. The van der Waals surface area contributed by atoms with Crippen molar-refractivity contribution in [2.24, 2.45) is 0 Å². The van der Waals surface area contributed by atoms with Crippen LogP contribution in [0.15, 0.2) is 18.2 Å². The van der Waals surface area contributed by atoms with Gasteiger partial charge in [-0.05, 0) is 37.3 Å². The summed E-state index contributed by atoms with van der Waals surface area (Å²) >= 11 is 0. The summed E-state index contributed by atoms with van der Waals surface area (Å²) in [5, 5.41) is 13.2. The molecule has 0 saturated carbocycles. The van der Waals surface area contributed by atoms with Crippen molar-refractivity contribution in [3.8, 4) is 0 Å². The molecule has 0 saturated heterocycles. The van der Waals surface area contributed by atoms with Gasteiger partial charge in [-0.25, -0.2) is 0 Å². The van der Waals surface area contributed by atoms with E-state index in [1.54, 1.807) is 0 Å². The number of nitrogens with one attached hydrogen (secondary N) is 1. The van der Waals surface area contributed by atoms with E-state index in [-0.39, 0.29) is 6.10 Å². The van der Waals surface area contributed by atoms with E-state index in [4.69, 9.17) is 0 Å². The molecule has 2 heteroatoms. The van der Waals surface area contributed by atoms with Gasteiger partial charge in [0.25, 0.3) is 0 Å². The van der Waals surface area contributed by atoms with E-state index in [2.05, 4.69) is 37.4 Å². The Morgan fingerprint density at radius 1 is 1.47 bits per heavy atom. The Morgan fingerprint density at radius 2 is 2.29 bits per heavy atom. The lowest BCUT2D eigenvalue weighted by Crippen LogP contribution is -2.29. The molecule has 1 aromatic rings. The smallest absolute Gasteiger partial charge is 0.0664 e. The zero-order chi connectivity index (χ0) is 12.3. The Labute approximate surface area is 104 Å². The predicted octanol–water partition coefficient (Wildman–Crippen LogP) is 2.73. The second-order valence-corrected chi connectivity index (χ2v) is 5.14. The SMILES string of the molecule is CCCC(O)CNC1CCc2ccc(C)cc21. The molecule has 1 aromatic carbocycles. The standard InChI is InChI=1S/C15H23NO/c1-3-4-13(17)10-16-15-8-7-12-6-5-11(2)9-14(12)15/h5-6,9,13,15-17H,3-4,7-8,10H2,1-2H3. The summed E-state index contributed by atoms with van der Waals surface area (Å²) in [4.78, 5) is 0. The summed E-state index contributed by atoms with van der Waals surface area (Å²) in [5.41, 5.74) is 4.23. The van der Waals surface area contributed by atoms with Gasteiger partial charge in [0.1, 0.15) is 0 Å². The number of aryl methyl sites for hydroxylation is 2. The minimum absolute atomic E-state index is 0.200. The van der Waals surface area contributed by atoms with Crippen LogP contribution < -0.4 is 5.32 Å². The largest absolute Gasteiger partial charge is 0.392 e. The van der Waals surface area contributed by atoms with Crippen LogP contribution in [0, 0.1) is 6.92 Å². The number of hydrogen-bond donors (Lipinski definition) is 2. The van der Waals surface area contributed by atoms with E-state index < -0.39 is 0 Å². The molecule has 2 nitrogen and oxygen atoms in total. The summed E-state index contributed by atoms with van der Waals surface area (Å²) in [6.45, 7) is 4.96. The molecule has 0 amide bonds. The summed E-state index contributed by atoms with van der Waals surface area (Å²) in [6, 6.07) is 7.16. The average Bonchev–Trinajstić information content (AvgIpc) is 2.69. The third-order valence-electron chi connectivity index (χ3n) is 3.60. The molecular weight excluding hydrogens is 210 g/mol. The number of aliphatic hydroxyl groups excluding tert-OH is 1. The van der Waals surface area contributed by atoms with Crippen LogP contribution >= 0.6 is 0 Å². The van der Waals surface area contributed by atoms with Gasteiger partial charge in [-0.3, -0.25) is 0 Å². The van der Waals surface area contributed by atoms with E-state index in [1.165, 1.54) is 16.7 Å². The summed E-state index contributed by atoms with van der Waals surface area (Å²) in [6.07, 6.45) is 4.06. The van der Waals surface area contributed by atoms with Crippen LogP contribution in [-0.2, 0) is 6.42 Å². The van der Waals surface area contributed by atoms with Crippen molar-refractivity contribution in [3.63, 3.8) is 0 Å². The van der Waals surface area contributed by atoms with Gasteiger partial charge in [-0.2, -0.15) is 0 Å². The third kappa shape index (κ3) is 3.08. The topological polar surface area (TPSA) is 32.3 Å². The second kappa shape index (κ2) is 5.65. The van der Waals surface area contributed by atoms with Gasteiger partial charge < -0.3 is 10.4 Å². The number of fused-ring (bicyclic) bond motifs is 1. The predicted molar refractivity (Wildman–Crippen MR) is 71.2 cm³/mol. The molecule has 0 aromatic heterocycles. The molecule has 1 aliphatic carbocycles. The molecule has 0 spiro atoms. The Kier molecular flexibility index (Phi) is 4.19. The van der Waals surface area contributed by atoms with Crippen molar-refractivity contribution in [2.75, 3.05) is 6.54 Å². The van der Waals surface area contributed by atoms with Crippen molar-refractivity contribution >= 4 is 0 Å². The first-order chi connectivity index (χ1) is 8.20. The van der Waals surface area contributed by atoms with Gasteiger partial charge in [0.15, 0.2) is 0 Å². The summed E-state index contributed by atoms with van der Waals surface area (Å²) in [5.74, 6) is 0. The van der Waals surface area contributed by atoms with Gasteiger partial charge >= 0.3 is 0 Å². The molecule has 0 aliphatic heterocycles. The average molecular weight is 233 g/mol. The first kappa shape index (κ1) is 12.6. The summed E-state index contributed by atoms with van der Waals surface area (Å²) < 4.78 is 0. The maximum atomic E-state index is 9.75. The maximum Gasteiger partial charge on any atom is 0.0664 e. The highest BCUT2D eigenvalue weighted by Gasteiger charge is 2.22. The van der Waals surface area contributed by atoms with Crippen LogP contribution in [-0.4, -0.2) is 17.8 Å². The molecule has 2 rings (SSSR count). The monoisotopic (exact) mass is 233 g/mol.